The number of unbranched alkanes of at least 4 members (excludes halogenated alkanes) is 8. The molecule has 1 heterocycles. The van der Waals surface area contributed by atoms with Crippen molar-refractivity contribution in [2.24, 2.45) is 5.92 Å². The Balaban J connectivity index is 2.05. The maximum atomic E-state index is 2.38. The molecule has 0 fully saturated rings. The first-order chi connectivity index (χ1) is 10.6. The van der Waals surface area contributed by atoms with Crippen LogP contribution in [0.5, 0.6) is 0 Å². The van der Waals surface area contributed by atoms with E-state index in [2.05, 4.69) is 55.6 Å². The Morgan fingerprint density at radius 3 is 2.05 bits per heavy atom. The molecule has 0 aliphatic carbocycles. The lowest BCUT2D eigenvalue weighted by atomic mass is 10.0. The van der Waals surface area contributed by atoms with Gasteiger partial charge in [0.15, 0.2) is 0 Å². The first-order valence-corrected chi connectivity index (χ1v) is 9.70. The standard InChI is InChI=1S/C20H39N2/c1-5-6-7-8-9-10-11-12-13-14-20(4)22-16-15-21(18-22)17-19(2)3/h15-16,18-20H,5-14,17H2,1-4H3/q+1. The zero-order valence-corrected chi connectivity index (χ0v) is 15.6. The summed E-state index contributed by atoms with van der Waals surface area (Å²) in [6.07, 6.45) is 20.8. The first-order valence-electron chi connectivity index (χ1n) is 9.70. The monoisotopic (exact) mass is 307 g/mol. The fourth-order valence-electron chi connectivity index (χ4n) is 3.10. The minimum absolute atomic E-state index is 0.637. The van der Waals surface area contributed by atoms with Gasteiger partial charge in [0.25, 0.3) is 0 Å². The third-order valence-corrected chi connectivity index (χ3v) is 4.52. The maximum Gasteiger partial charge on any atom is 0.243 e. The summed E-state index contributed by atoms with van der Waals surface area (Å²) < 4.78 is 4.70. The predicted octanol–water partition coefficient (Wildman–Crippen LogP) is 5.91. The van der Waals surface area contributed by atoms with Crippen molar-refractivity contribution < 1.29 is 4.57 Å². The van der Waals surface area contributed by atoms with E-state index < -0.39 is 0 Å². The molecule has 0 bridgehead atoms. The van der Waals surface area contributed by atoms with Crippen LogP contribution < -0.4 is 4.57 Å². The van der Waals surface area contributed by atoms with Crippen LogP contribution in [0.25, 0.3) is 0 Å². The van der Waals surface area contributed by atoms with Crippen LogP contribution in [0, 0.1) is 5.92 Å². The van der Waals surface area contributed by atoms with E-state index in [1.54, 1.807) is 0 Å². The zero-order valence-electron chi connectivity index (χ0n) is 15.6. The van der Waals surface area contributed by atoms with Gasteiger partial charge in [-0.1, -0.05) is 72.1 Å². The summed E-state index contributed by atoms with van der Waals surface area (Å²) >= 11 is 0. The lowest BCUT2D eigenvalue weighted by Crippen LogP contribution is -2.33. The molecule has 1 rings (SSSR count). The Morgan fingerprint density at radius 1 is 0.864 bits per heavy atom. The Kier molecular flexibility index (Phi) is 10.3. The molecule has 0 radical (unpaired) electrons. The average Bonchev–Trinajstić information content (AvgIpc) is 2.93. The second-order valence-corrected chi connectivity index (χ2v) is 7.42. The predicted molar refractivity (Wildman–Crippen MR) is 96.0 cm³/mol. The van der Waals surface area contributed by atoms with Crippen molar-refractivity contribution in [3.05, 3.63) is 18.7 Å². The van der Waals surface area contributed by atoms with E-state index in [-0.39, 0.29) is 0 Å². The van der Waals surface area contributed by atoms with Crippen molar-refractivity contribution in [1.82, 2.24) is 4.57 Å². The molecule has 0 spiro atoms. The minimum atomic E-state index is 0.637. The van der Waals surface area contributed by atoms with Crippen LogP contribution in [0.3, 0.4) is 0 Å². The van der Waals surface area contributed by atoms with Gasteiger partial charge in [0.05, 0.1) is 12.6 Å². The molecule has 0 aliphatic heterocycles. The highest BCUT2D eigenvalue weighted by molar-refractivity contribution is 4.72. The molecule has 0 aromatic carbocycles. The van der Waals surface area contributed by atoms with Gasteiger partial charge in [-0.05, 0) is 25.7 Å². The van der Waals surface area contributed by atoms with E-state index in [1.807, 2.05) is 0 Å². The maximum absolute atomic E-state index is 2.38. The smallest absolute Gasteiger partial charge is 0.237 e. The normalized spacial score (nSPS) is 13.0. The number of hydrogen-bond donors (Lipinski definition) is 0. The van der Waals surface area contributed by atoms with E-state index in [0.29, 0.717) is 12.0 Å². The Hall–Kier alpha value is -0.790. The van der Waals surface area contributed by atoms with Crippen LogP contribution in [0.4, 0.5) is 0 Å². The van der Waals surface area contributed by atoms with Crippen LogP contribution in [0.2, 0.25) is 0 Å². The molecule has 1 atom stereocenters. The molecule has 2 heteroatoms. The molecule has 2 nitrogen and oxygen atoms in total. The summed E-state index contributed by atoms with van der Waals surface area (Å²) in [7, 11) is 0. The van der Waals surface area contributed by atoms with E-state index in [4.69, 9.17) is 0 Å². The summed E-state index contributed by atoms with van der Waals surface area (Å²) in [5.41, 5.74) is 0. The number of imidazole rings is 1. The van der Waals surface area contributed by atoms with Gasteiger partial charge >= 0.3 is 0 Å². The topological polar surface area (TPSA) is 8.81 Å². The van der Waals surface area contributed by atoms with E-state index >= 15 is 0 Å². The number of hydrogen-bond acceptors (Lipinski definition) is 0. The van der Waals surface area contributed by atoms with Gasteiger partial charge in [-0.25, -0.2) is 9.13 Å². The van der Waals surface area contributed by atoms with Gasteiger partial charge in [0, 0.05) is 0 Å². The van der Waals surface area contributed by atoms with Gasteiger partial charge in [0.2, 0.25) is 6.33 Å². The summed E-state index contributed by atoms with van der Waals surface area (Å²) in [5, 5.41) is 0. The highest BCUT2D eigenvalue weighted by Gasteiger charge is 2.11. The highest BCUT2D eigenvalue weighted by Crippen LogP contribution is 2.16. The zero-order chi connectivity index (χ0) is 16.2. The van der Waals surface area contributed by atoms with Crippen LogP contribution in [-0.4, -0.2) is 4.57 Å². The molecule has 1 aromatic rings. The van der Waals surface area contributed by atoms with Crippen LogP contribution in [0.15, 0.2) is 18.7 Å². The second kappa shape index (κ2) is 11.7. The van der Waals surface area contributed by atoms with E-state index in [1.165, 1.54) is 64.2 Å². The third kappa shape index (κ3) is 8.60. The largest absolute Gasteiger partial charge is 0.243 e. The van der Waals surface area contributed by atoms with Gasteiger partial charge in [-0.3, -0.25) is 0 Å². The molecule has 1 aromatic heterocycles. The molecule has 0 N–H and O–H groups in total. The number of rotatable bonds is 13. The molecular formula is C20H39N2+. The third-order valence-electron chi connectivity index (χ3n) is 4.52. The lowest BCUT2D eigenvalue weighted by Gasteiger charge is -2.08. The van der Waals surface area contributed by atoms with Gasteiger partial charge < -0.3 is 0 Å². The van der Waals surface area contributed by atoms with Crippen molar-refractivity contribution >= 4 is 0 Å². The molecule has 0 saturated heterocycles. The van der Waals surface area contributed by atoms with E-state index in [0.717, 1.165) is 6.54 Å². The SMILES string of the molecule is CCCCCCCCCCCC(C)n1cc[n+](CC(C)C)c1. The van der Waals surface area contributed by atoms with Gasteiger partial charge in [0.1, 0.15) is 12.4 Å². The van der Waals surface area contributed by atoms with Crippen molar-refractivity contribution in [1.29, 1.82) is 0 Å². The van der Waals surface area contributed by atoms with Crippen LogP contribution in [-0.2, 0) is 6.54 Å². The summed E-state index contributed by atoms with van der Waals surface area (Å²) in [4.78, 5) is 0. The Labute approximate surface area is 138 Å². The first kappa shape index (κ1) is 19.3. The molecule has 0 amide bonds. The molecular weight excluding hydrogens is 268 g/mol. The van der Waals surface area contributed by atoms with E-state index in [9.17, 15) is 0 Å². The summed E-state index contributed by atoms with van der Waals surface area (Å²) in [5.74, 6) is 0.716. The van der Waals surface area contributed by atoms with Crippen molar-refractivity contribution in [3.63, 3.8) is 0 Å². The fourth-order valence-corrected chi connectivity index (χ4v) is 3.10. The molecule has 0 saturated carbocycles. The summed E-state index contributed by atoms with van der Waals surface area (Å²) in [6, 6.07) is 0.637. The molecule has 128 valence electrons. The highest BCUT2D eigenvalue weighted by atomic mass is 15.1. The quantitative estimate of drug-likeness (QED) is 0.316. The van der Waals surface area contributed by atoms with Crippen molar-refractivity contribution in [3.8, 4) is 0 Å². The molecule has 1 unspecified atom stereocenters. The Bertz CT molecular complexity index is 368. The fraction of sp³-hybridized carbons (Fsp3) is 0.850. The number of nitrogens with zero attached hydrogens (tertiary/aromatic N) is 2. The van der Waals surface area contributed by atoms with Crippen LogP contribution >= 0.6 is 0 Å². The lowest BCUT2D eigenvalue weighted by molar-refractivity contribution is -0.701. The van der Waals surface area contributed by atoms with Gasteiger partial charge in [-0.15, -0.1) is 0 Å². The number of aromatic nitrogens is 2. The van der Waals surface area contributed by atoms with Gasteiger partial charge in [-0.2, -0.15) is 0 Å². The Morgan fingerprint density at radius 2 is 1.45 bits per heavy atom. The molecule has 22 heavy (non-hydrogen) atoms. The average molecular weight is 308 g/mol. The van der Waals surface area contributed by atoms with Crippen LogP contribution in [0.1, 0.15) is 97.9 Å². The van der Waals surface area contributed by atoms with Crippen molar-refractivity contribution in [2.45, 2.75) is 104 Å². The minimum Gasteiger partial charge on any atom is -0.237 e. The second-order valence-electron chi connectivity index (χ2n) is 7.42. The van der Waals surface area contributed by atoms with Crippen molar-refractivity contribution in [2.75, 3.05) is 0 Å². The molecule has 0 aliphatic rings. The summed E-state index contributed by atoms with van der Waals surface area (Å²) in [6.45, 7) is 10.3.